The second-order valence-electron chi connectivity index (χ2n) is 4.18. The molecule has 0 saturated carbocycles. The van der Waals surface area contributed by atoms with Gasteiger partial charge in [0.1, 0.15) is 0 Å². The minimum absolute atomic E-state index is 0.0111. The summed E-state index contributed by atoms with van der Waals surface area (Å²) in [6.45, 7) is 4.77. The van der Waals surface area contributed by atoms with Crippen molar-refractivity contribution in [3.63, 3.8) is 0 Å². The van der Waals surface area contributed by atoms with Gasteiger partial charge in [0.2, 0.25) is 5.91 Å². The summed E-state index contributed by atoms with van der Waals surface area (Å²) in [6.07, 6.45) is 2.27. The molecular weight excluding hydrogens is 222 g/mol. The van der Waals surface area contributed by atoms with Crippen LogP contribution in [0.3, 0.4) is 0 Å². The van der Waals surface area contributed by atoms with Crippen molar-refractivity contribution < 1.29 is 19.4 Å². The van der Waals surface area contributed by atoms with Gasteiger partial charge in [0, 0.05) is 26.6 Å². The number of carboxylic acids is 1. The Morgan fingerprint density at radius 1 is 1.41 bits per heavy atom. The van der Waals surface area contributed by atoms with E-state index >= 15 is 0 Å². The summed E-state index contributed by atoms with van der Waals surface area (Å²) in [4.78, 5) is 24.2. The topological polar surface area (TPSA) is 66.8 Å². The quantitative estimate of drug-likeness (QED) is 0.666. The molecule has 0 spiro atoms. The van der Waals surface area contributed by atoms with E-state index in [2.05, 4.69) is 0 Å². The van der Waals surface area contributed by atoms with Gasteiger partial charge in [0.15, 0.2) is 0 Å². The molecule has 1 amide bonds. The summed E-state index contributed by atoms with van der Waals surface area (Å²) >= 11 is 0. The lowest BCUT2D eigenvalue weighted by Gasteiger charge is -2.24. The third-order valence-corrected chi connectivity index (χ3v) is 2.58. The minimum atomic E-state index is -0.879. The van der Waals surface area contributed by atoms with Gasteiger partial charge in [-0.2, -0.15) is 0 Å². The number of carboxylic acid groups (broad SMARTS) is 1. The molecular formula is C12H23NO4. The zero-order chi connectivity index (χ0) is 13.3. The van der Waals surface area contributed by atoms with Crippen LogP contribution in [0, 0.1) is 5.92 Å². The molecule has 0 saturated heterocycles. The van der Waals surface area contributed by atoms with Crippen molar-refractivity contribution in [3.05, 3.63) is 0 Å². The van der Waals surface area contributed by atoms with Crippen molar-refractivity contribution >= 4 is 11.9 Å². The second-order valence-corrected chi connectivity index (χ2v) is 4.18. The fraction of sp³-hybridized carbons (Fsp3) is 0.833. The van der Waals surface area contributed by atoms with Crippen molar-refractivity contribution in [1.29, 1.82) is 0 Å². The first-order valence-electron chi connectivity index (χ1n) is 6.02. The zero-order valence-corrected chi connectivity index (χ0v) is 10.9. The molecule has 5 heteroatoms. The molecule has 0 fully saturated rings. The molecule has 0 radical (unpaired) electrons. The Morgan fingerprint density at radius 3 is 2.53 bits per heavy atom. The van der Waals surface area contributed by atoms with E-state index in [1.165, 1.54) is 0 Å². The average Bonchev–Trinajstić information content (AvgIpc) is 2.30. The van der Waals surface area contributed by atoms with Gasteiger partial charge >= 0.3 is 5.97 Å². The molecule has 0 rings (SSSR count). The molecule has 0 aromatic carbocycles. The summed E-state index contributed by atoms with van der Waals surface area (Å²) in [5.41, 5.74) is 0. The van der Waals surface area contributed by atoms with Crippen molar-refractivity contribution in [2.75, 3.05) is 26.8 Å². The molecule has 1 unspecified atom stereocenters. The first kappa shape index (κ1) is 15.9. The van der Waals surface area contributed by atoms with E-state index in [1.807, 2.05) is 6.92 Å². The first-order valence-corrected chi connectivity index (χ1v) is 6.02. The zero-order valence-electron chi connectivity index (χ0n) is 10.9. The highest BCUT2D eigenvalue weighted by Gasteiger charge is 2.19. The molecule has 1 atom stereocenters. The normalized spacial score (nSPS) is 12.2. The van der Waals surface area contributed by atoms with Crippen LogP contribution in [-0.2, 0) is 14.3 Å². The fourth-order valence-corrected chi connectivity index (χ4v) is 1.41. The van der Waals surface area contributed by atoms with E-state index in [1.54, 1.807) is 18.9 Å². The largest absolute Gasteiger partial charge is 0.481 e. The van der Waals surface area contributed by atoms with Crippen molar-refractivity contribution in [1.82, 2.24) is 4.90 Å². The molecule has 0 aliphatic rings. The summed E-state index contributed by atoms with van der Waals surface area (Å²) < 4.78 is 4.93. The Morgan fingerprint density at radius 2 is 2.06 bits per heavy atom. The van der Waals surface area contributed by atoms with Gasteiger partial charge in [0.05, 0.1) is 12.5 Å². The number of nitrogens with zero attached hydrogens (tertiary/aromatic N) is 1. The number of hydrogen-bond donors (Lipinski definition) is 1. The molecule has 0 aromatic heterocycles. The molecule has 0 aromatic rings. The van der Waals surface area contributed by atoms with Gasteiger partial charge in [0.25, 0.3) is 0 Å². The molecule has 100 valence electrons. The SMILES string of the molecule is CCCCC(=O)N(CCOC)CC(C)C(=O)O. The molecule has 0 bridgehead atoms. The highest BCUT2D eigenvalue weighted by molar-refractivity contribution is 5.77. The van der Waals surface area contributed by atoms with E-state index in [4.69, 9.17) is 9.84 Å². The molecule has 1 N–H and O–H groups in total. The Kier molecular flexibility index (Phi) is 8.40. The number of methoxy groups -OCH3 is 1. The van der Waals surface area contributed by atoms with Crippen LogP contribution in [0.4, 0.5) is 0 Å². The predicted molar refractivity (Wildman–Crippen MR) is 64.8 cm³/mol. The third-order valence-electron chi connectivity index (χ3n) is 2.58. The number of hydrogen-bond acceptors (Lipinski definition) is 3. The van der Waals surface area contributed by atoms with Gasteiger partial charge in [-0.1, -0.05) is 20.3 Å². The van der Waals surface area contributed by atoms with Gasteiger partial charge in [-0.25, -0.2) is 0 Å². The molecule has 17 heavy (non-hydrogen) atoms. The number of ether oxygens (including phenoxy) is 1. The Hall–Kier alpha value is -1.10. The molecule has 0 heterocycles. The van der Waals surface area contributed by atoms with Crippen molar-refractivity contribution in [2.24, 2.45) is 5.92 Å². The van der Waals surface area contributed by atoms with E-state index in [0.29, 0.717) is 19.6 Å². The maximum absolute atomic E-state index is 11.8. The number of aliphatic carboxylic acids is 1. The van der Waals surface area contributed by atoms with Crippen LogP contribution in [0.15, 0.2) is 0 Å². The van der Waals surface area contributed by atoms with Crippen LogP contribution in [0.2, 0.25) is 0 Å². The summed E-state index contributed by atoms with van der Waals surface area (Å²) in [6, 6.07) is 0. The molecule has 5 nitrogen and oxygen atoms in total. The second kappa shape index (κ2) is 8.98. The summed E-state index contributed by atoms with van der Waals surface area (Å²) in [5, 5.41) is 8.84. The number of carbonyl (C=O) groups is 2. The number of carbonyl (C=O) groups excluding carboxylic acids is 1. The maximum Gasteiger partial charge on any atom is 0.308 e. The monoisotopic (exact) mass is 245 g/mol. The third kappa shape index (κ3) is 6.94. The van der Waals surface area contributed by atoms with Crippen molar-refractivity contribution in [2.45, 2.75) is 33.1 Å². The standard InChI is InChI=1S/C12H23NO4/c1-4-5-6-11(14)13(7-8-17-3)9-10(2)12(15)16/h10H,4-9H2,1-3H3,(H,15,16). The van der Waals surface area contributed by atoms with Crippen LogP contribution < -0.4 is 0 Å². The van der Waals surface area contributed by atoms with Gasteiger partial charge in [-0.3, -0.25) is 9.59 Å². The fourth-order valence-electron chi connectivity index (χ4n) is 1.41. The lowest BCUT2D eigenvalue weighted by Crippen LogP contribution is -2.38. The Labute approximate surface area is 103 Å². The first-order chi connectivity index (χ1) is 8.02. The van der Waals surface area contributed by atoms with Crippen LogP contribution in [0.25, 0.3) is 0 Å². The van der Waals surface area contributed by atoms with E-state index in [-0.39, 0.29) is 12.5 Å². The average molecular weight is 245 g/mol. The van der Waals surface area contributed by atoms with Gasteiger partial charge in [-0.05, 0) is 6.42 Å². The Bertz CT molecular complexity index is 243. The van der Waals surface area contributed by atoms with E-state index < -0.39 is 11.9 Å². The van der Waals surface area contributed by atoms with E-state index in [9.17, 15) is 9.59 Å². The highest BCUT2D eigenvalue weighted by Crippen LogP contribution is 2.05. The number of unbranched alkanes of at least 4 members (excludes halogenated alkanes) is 1. The number of amides is 1. The smallest absolute Gasteiger partial charge is 0.308 e. The maximum atomic E-state index is 11.8. The van der Waals surface area contributed by atoms with E-state index in [0.717, 1.165) is 12.8 Å². The van der Waals surface area contributed by atoms with Crippen LogP contribution in [-0.4, -0.2) is 48.7 Å². The van der Waals surface area contributed by atoms with Gasteiger partial charge < -0.3 is 14.7 Å². The highest BCUT2D eigenvalue weighted by atomic mass is 16.5. The van der Waals surface area contributed by atoms with Crippen molar-refractivity contribution in [3.8, 4) is 0 Å². The number of rotatable bonds is 9. The summed E-state index contributed by atoms with van der Waals surface area (Å²) in [7, 11) is 1.56. The summed E-state index contributed by atoms with van der Waals surface area (Å²) in [5.74, 6) is -1.41. The predicted octanol–water partition coefficient (Wildman–Crippen LogP) is 1.37. The molecule has 0 aliphatic carbocycles. The van der Waals surface area contributed by atoms with Gasteiger partial charge in [-0.15, -0.1) is 0 Å². The van der Waals surface area contributed by atoms with Crippen LogP contribution in [0.5, 0.6) is 0 Å². The lowest BCUT2D eigenvalue weighted by molar-refractivity contribution is -0.143. The van der Waals surface area contributed by atoms with Crippen LogP contribution in [0.1, 0.15) is 33.1 Å². The Balaban J connectivity index is 4.30. The molecule has 0 aliphatic heterocycles. The minimum Gasteiger partial charge on any atom is -0.481 e. The van der Waals surface area contributed by atoms with Crippen LogP contribution >= 0.6 is 0 Å². The lowest BCUT2D eigenvalue weighted by atomic mass is 10.1.